The van der Waals surface area contributed by atoms with Crippen molar-refractivity contribution in [2.45, 2.75) is 13.5 Å². The second-order valence-electron chi connectivity index (χ2n) is 5.97. The molecule has 142 valence electrons. The molecule has 6 nitrogen and oxygen atoms in total. The van der Waals surface area contributed by atoms with Crippen molar-refractivity contribution in [1.82, 2.24) is 0 Å². The SMILES string of the molecule is CCOc1ccc(N=Cc2ccc(OCc3ccc([N+](=O)[O-])cc3)cc2)cc1. The van der Waals surface area contributed by atoms with Gasteiger partial charge < -0.3 is 9.47 Å². The van der Waals surface area contributed by atoms with Crippen molar-refractivity contribution in [1.29, 1.82) is 0 Å². The second kappa shape index (κ2) is 9.32. The molecule has 0 aliphatic rings. The van der Waals surface area contributed by atoms with Gasteiger partial charge in [0.1, 0.15) is 18.1 Å². The van der Waals surface area contributed by atoms with E-state index in [0.717, 1.165) is 28.3 Å². The lowest BCUT2D eigenvalue weighted by Crippen LogP contribution is -1.96. The summed E-state index contributed by atoms with van der Waals surface area (Å²) in [6, 6.07) is 21.5. The maximum atomic E-state index is 10.7. The summed E-state index contributed by atoms with van der Waals surface area (Å²) in [5.74, 6) is 1.55. The molecule has 0 bridgehead atoms. The van der Waals surface area contributed by atoms with Crippen LogP contribution in [0.2, 0.25) is 0 Å². The summed E-state index contributed by atoms with van der Waals surface area (Å²) in [6.07, 6.45) is 1.79. The van der Waals surface area contributed by atoms with Crippen molar-refractivity contribution in [3.05, 3.63) is 94.0 Å². The van der Waals surface area contributed by atoms with Crippen LogP contribution >= 0.6 is 0 Å². The summed E-state index contributed by atoms with van der Waals surface area (Å²) in [7, 11) is 0. The number of nitro groups is 1. The van der Waals surface area contributed by atoms with Crippen molar-refractivity contribution in [3.8, 4) is 11.5 Å². The minimum atomic E-state index is -0.418. The zero-order valence-electron chi connectivity index (χ0n) is 15.4. The molecule has 0 atom stereocenters. The van der Waals surface area contributed by atoms with Crippen LogP contribution in [0.1, 0.15) is 18.1 Å². The standard InChI is InChI=1S/C22H20N2O4/c1-2-27-21-13-7-19(8-14-21)23-15-17-5-11-22(12-6-17)28-16-18-3-9-20(10-4-18)24(25)26/h3-15H,2,16H2,1H3. The number of non-ortho nitro benzene ring substituents is 1. The fraction of sp³-hybridized carbons (Fsp3) is 0.136. The van der Waals surface area contributed by atoms with Gasteiger partial charge in [0.15, 0.2) is 0 Å². The first-order valence-electron chi connectivity index (χ1n) is 8.87. The van der Waals surface area contributed by atoms with Crippen molar-refractivity contribution in [2.75, 3.05) is 6.61 Å². The van der Waals surface area contributed by atoms with E-state index in [0.29, 0.717) is 13.2 Å². The number of benzene rings is 3. The predicted molar refractivity (Wildman–Crippen MR) is 109 cm³/mol. The molecule has 0 saturated carbocycles. The summed E-state index contributed by atoms with van der Waals surface area (Å²) in [5.41, 5.74) is 2.74. The molecule has 0 aliphatic carbocycles. The summed E-state index contributed by atoms with van der Waals surface area (Å²) in [6.45, 7) is 2.93. The molecule has 0 spiro atoms. The molecule has 0 amide bonds. The van der Waals surface area contributed by atoms with Crippen LogP contribution in [0.15, 0.2) is 77.8 Å². The van der Waals surface area contributed by atoms with Crippen LogP contribution in [-0.2, 0) is 6.61 Å². The highest BCUT2D eigenvalue weighted by Gasteiger charge is 2.04. The van der Waals surface area contributed by atoms with E-state index in [1.165, 1.54) is 12.1 Å². The van der Waals surface area contributed by atoms with Crippen molar-refractivity contribution < 1.29 is 14.4 Å². The quantitative estimate of drug-likeness (QED) is 0.303. The number of hydrogen-bond acceptors (Lipinski definition) is 5. The Morgan fingerprint density at radius 1 is 0.893 bits per heavy atom. The molecule has 0 radical (unpaired) electrons. The molecule has 3 aromatic carbocycles. The number of aliphatic imine (C=N–C) groups is 1. The Balaban J connectivity index is 1.54. The topological polar surface area (TPSA) is 74.0 Å². The Morgan fingerprint density at radius 2 is 1.50 bits per heavy atom. The summed E-state index contributed by atoms with van der Waals surface area (Å²) >= 11 is 0. The van der Waals surface area contributed by atoms with Crippen LogP contribution in [-0.4, -0.2) is 17.7 Å². The Bertz CT molecular complexity index is 934. The van der Waals surface area contributed by atoms with Crippen LogP contribution < -0.4 is 9.47 Å². The van der Waals surface area contributed by atoms with Gasteiger partial charge in [0.25, 0.3) is 5.69 Å². The fourth-order valence-electron chi connectivity index (χ4n) is 2.47. The van der Waals surface area contributed by atoms with Crippen molar-refractivity contribution in [3.63, 3.8) is 0 Å². The first kappa shape index (κ1) is 19.1. The molecular weight excluding hydrogens is 356 g/mol. The van der Waals surface area contributed by atoms with E-state index in [1.54, 1.807) is 18.3 Å². The van der Waals surface area contributed by atoms with Gasteiger partial charge in [0.05, 0.1) is 17.2 Å². The molecule has 0 unspecified atom stereocenters. The lowest BCUT2D eigenvalue weighted by Gasteiger charge is -2.06. The van der Waals surface area contributed by atoms with Crippen LogP contribution in [0.4, 0.5) is 11.4 Å². The lowest BCUT2D eigenvalue weighted by atomic mass is 10.2. The van der Waals surface area contributed by atoms with E-state index < -0.39 is 4.92 Å². The van der Waals surface area contributed by atoms with Gasteiger partial charge in [-0.25, -0.2) is 0 Å². The monoisotopic (exact) mass is 376 g/mol. The highest BCUT2D eigenvalue weighted by Crippen LogP contribution is 2.19. The third-order valence-electron chi connectivity index (χ3n) is 3.94. The minimum Gasteiger partial charge on any atom is -0.494 e. The van der Waals surface area contributed by atoms with Gasteiger partial charge in [-0.15, -0.1) is 0 Å². The Hall–Kier alpha value is -3.67. The number of ether oxygens (including phenoxy) is 2. The predicted octanol–water partition coefficient (Wildman–Crippen LogP) is 5.32. The van der Waals surface area contributed by atoms with E-state index in [-0.39, 0.29) is 5.69 Å². The highest BCUT2D eigenvalue weighted by molar-refractivity contribution is 5.82. The fourth-order valence-corrected chi connectivity index (χ4v) is 2.47. The molecule has 3 aromatic rings. The largest absolute Gasteiger partial charge is 0.494 e. The van der Waals surface area contributed by atoms with Gasteiger partial charge >= 0.3 is 0 Å². The van der Waals surface area contributed by atoms with Gasteiger partial charge in [-0.2, -0.15) is 0 Å². The van der Waals surface area contributed by atoms with Gasteiger partial charge in [-0.3, -0.25) is 15.1 Å². The van der Waals surface area contributed by atoms with Gasteiger partial charge in [0, 0.05) is 18.3 Å². The number of hydrogen-bond donors (Lipinski definition) is 0. The van der Waals surface area contributed by atoms with E-state index in [1.807, 2.05) is 55.5 Å². The smallest absolute Gasteiger partial charge is 0.269 e. The zero-order chi connectivity index (χ0) is 19.8. The first-order chi connectivity index (χ1) is 13.6. The van der Waals surface area contributed by atoms with Crippen molar-refractivity contribution in [2.24, 2.45) is 4.99 Å². The molecule has 3 rings (SSSR count). The van der Waals surface area contributed by atoms with Gasteiger partial charge in [0.2, 0.25) is 0 Å². The lowest BCUT2D eigenvalue weighted by molar-refractivity contribution is -0.384. The molecule has 0 N–H and O–H groups in total. The third kappa shape index (κ3) is 5.41. The summed E-state index contributed by atoms with van der Waals surface area (Å²) in [4.78, 5) is 14.7. The number of nitro benzene ring substituents is 1. The second-order valence-corrected chi connectivity index (χ2v) is 5.97. The Labute approximate surface area is 163 Å². The van der Waals surface area contributed by atoms with Crippen LogP contribution in [0.5, 0.6) is 11.5 Å². The molecule has 0 saturated heterocycles. The average Bonchev–Trinajstić information content (AvgIpc) is 2.73. The zero-order valence-corrected chi connectivity index (χ0v) is 15.4. The van der Waals surface area contributed by atoms with E-state index in [4.69, 9.17) is 9.47 Å². The maximum Gasteiger partial charge on any atom is 0.269 e. The Kier molecular flexibility index (Phi) is 6.36. The normalized spacial score (nSPS) is 10.8. The molecule has 0 fully saturated rings. The third-order valence-corrected chi connectivity index (χ3v) is 3.94. The highest BCUT2D eigenvalue weighted by atomic mass is 16.6. The van der Waals surface area contributed by atoms with E-state index >= 15 is 0 Å². The van der Waals surface area contributed by atoms with Crippen molar-refractivity contribution >= 4 is 17.6 Å². The average molecular weight is 376 g/mol. The number of rotatable bonds is 8. The van der Waals surface area contributed by atoms with Crippen LogP contribution in [0.3, 0.4) is 0 Å². The molecular formula is C22H20N2O4. The molecule has 28 heavy (non-hydrogen) atoms. The minimum absolute atomic E-state index is 0.0694. The summed E-state index contributed by atoms with van der Waals surface area (Å²) < 4.78 is 11.1. The number of nitrogens with zero attached hydrogens (tertiary/aromatic N) is 2. The molecule has 0 heterocycles. The van der Waals surface area contributed by atoms with E-state index in [2.05, 4.69) is 4.99 Å². The maximum absolute atomic E-state index is 10.7. The van der Waals surface area contributed by atoms with Gasteiger partial charge in [-0.05, 0) is 78.7 Å². The first-order valence-corrected chi connectivity index (χ1v) is 8.87. The molecule has 0 aliphatic heterocycles. The molecule has 0 aromatic heterocycles. The van der Waals surface area contributed by atoms with E-state index in [9.17, 15) is 10.1 Å². The molecule has 6 heteroatoms. The van der Waals surface area contributed by atoms with Crippen LogP contribution in [0, 0.1) is 10.1 Å². The summed E-state index contributed by atoms with van der Waals surface area (Å²) in [5, 5.41) is 10.7. The van der Waals surface area contributed by atoms with Crippen LogP contribution in [0.25, 0.3) is 0 Å². The Morgan fingerprint density at radius 3 is 2.11 bits per heavy atom. The van der Waals surface area contributed by atoms with Gasteiger partial charge in [-0.1, -0.05) is 0 Å².